The first-order valence-electron chi connectivity index (χ1n) is 7.45. The maximum absolute atomic E-state index is 5.98. The lowest BCUT2D eigenvalue weighted by molar-refractivity contribution is -0.0398. The third-order valence-corrected chi connectivity index (χ3v) is 4.23. The van der Waals surface area contributed by atoms with E-state index >= 15 is 0 Å². The molecule has 0 bridgehead atoms. The number of likely N-dealkylation sites (tertiary alicyclic amines) is 1. The van der Waals surface area contributed by atoms with E-state index < -0.39 is 0 Å². The maximum Gasteiger partial charge on any atom is 0.0830 e. The normalized spacial score (nSPS) is 32.6. The Hall–Kier alpha value is -0.900. The number of rotatable bonds is 3. The fourth-order valence-electron chi connectivity index (χ4n) is 3.26. The second kappa shape index (κ2) is 6.04. The van der Waals surface area contributed by atoms with Gasteiger partial charge in [0.25, 0.3) is 0 Å². The van der Waals surface area contributed by atoms with Crippen molar-refractivity contribution in [1.82, 2.24) is 10.2 Å². The Bertz CT molecular complexity index is 395. The third-order valence-electron chi connectivity index (χ3n) is 4.23. The van der Waals surface area contributed by atoms with E-state index in [2.05, 4.69) is 47.5 Å². The molecule has 1 N–H and O–H groups in total. The van der Waals surface area contributed by atoms with Gasteiger partial charge in [0.1, 0.15) is 0 Å². The van der Waals surface area contributed by atoms with Crippen molar-refractivity contribution in [2.75, 3.05) is 32.7 Å². The van der Waals surface area contributed by atoms with Crippen LogP contribution in [0.25, 0.3) is 0 Å². The summed E-state index contributed by atoms with van der Waals surface area (Å²) in [5.41, 5.74) is 1.49. The number of nitrogens with one attached hydrogen (secondary N) is 1. The molecule has 0 saturated carbocycles. The molecule has 0 unspecified atom stereocenters. The monoisotopic (exact) mass is 260 g/mol. The standard InChI is InChI=1S/C16H24N2O/c1-13-9-17-10-16(19-13)12-18-8-7-15(11-18)14-5-3-2-4-6-14/h2-6,13,15-17H,7-12H2,1H3/t13-,15-,16+/m1/s1. The Labute approximate surface area is 115 Å². The molecule has 0 amide bonds. The van der Waals surface area contributed by atoms with Gasteiger partial charge in [0.2, 0.25) is 0 Å². The minimum Gasteiger partial charge on any atom is -0.371 e. The highest BCUT2D eigenvalue weighted by Gasteiger charge is 2.27. The van der Waals surface area contributed by atoms with Gasteiger partial charge in [-0.15, -0.1) is 0 Å². The van der Waals surface area contributed by atoms with Gasteiger partial charge in [-0.1, -0.05) is 30.3 Å². The summed E-state index contributed by atoms with van der Waals surface area (Å²) in [7, 11) is 0. The van der Waals surface area contributed by atoms with E-state index in [9.17, 15) is 0 Å². The number of ether oxygens (including phenoxy) is 1. The molecule has 3 heteroatoms. The summed E-state index contributed by atoms with van der Waals surface area (Å²) < 4.78 is 5.98. The van der Waals surface area contributed by atoms with Crippen LogP contribution < -0.4 is 5.32 Å². The van der Waals surface area contributed by atoms with E-state index in [0.717, 1.165) is 19.6 Å². The van der Waals surface area contributed by atoms with Crippen LogP contribution >= 0.6 is 0 Å². The van der Waals surface area contributed by atoms with Gasteiger partial charge in [0.05, 0.1) is 12.2 Å². The molecule has 0 radical (unpaired) electrons. The molecule has 2 aliphatic rings. The summed E-state index contributed by atoms with van der Waals surface area (Å²) in [5.74, 6) is 0.704. The number of hydrogen-bond donors (Lipinski definition) is 1. The van der Waals surface area contributed by atoms with Crippen molar-refractivity contribution >= 4 is 0 Å². The molecule has 2 aliphatic heterocycles. The van der Waals surface area contributed by atoms with E-state index in [0.29, 0.717) is 18.1 Å². The van der Waals surface area contributed by atoms with Crippen LogP contribution in [0.4, 0.5) is 0 Å². The highest BCUT2D eigenvalue weighted by molar-refractivity contribution is 5.21. The molecule has 3 nitrogen and oxygen atoms in total. The second-order valence-electron chi connectivity index (χ2n) is 5.88. The summed E-state index contributed by atoms with van der Waals surface area (Å²) in [6.45, 7) is 7.59. The lowest BCUT2D eigenvalue weighted by Crippen LogP contribution is -2.48. The van der Waals surface area contributed by atoms with Crippen molar-refractivity contribution < 1.29 is 4.74 Å². The van der Waals surface area contributed by atoms with Crippen LogP contribution in [0.15, 0.2) is 30.3 Å². The van der Waals surface area contributed by atoms with Crippen LogP contribution in [0.2, 0.25) is 0 Å². The molecule has 1 aromatic rings. The zero-order chi connectivity index (χ0) is 13.1. The van der Waals surface area contributed by atoms with Gasteiger partial charge in [-0.3, -0.25) is 0 Å². The first-order chi connectivity index (χ1) is 9.31. The quantitative estimate of drug-likeness (QED) is 0.897. The predicted octanol–water partition coefficient (Wildman–Crippen LogP) is 1.85. The number of morpholine rings is 1. The van der Waals surface area contributed by atoms with Gasteiger partial charge >= 0.3 is 0 Å². The minimum absolute atomic E-state index is 0.353. The molecule has 3 atom stereocenters. The van der Waals surface area contributed by atoms with E-state index in [4.69, 9.17) is 4.74 Å². The van der Waals surface area contributed by atoms with Gasteiger partial charge in [-0.25, -0.2) is 0 Å². The van der Waals surface area contributed by atoms with Crippen molar-refractivity contribution in [3.05, 3.63) is 35.9 Å². The minimum atomic E-state index is 0.353. The highest BCUT2D eigenvalue weighted by Crippen LogP contribution is 2.27. The lowest BCUT2D eigenvalue weighted by Gasteiger charge is -2.31. The Balaban J connectivity index is 1.52. The summed E-state index contributed by atoms with van der Waals surface area (Å²) in [6, 6.07) is 10.9. The van der Waals surface area contributed by atoms with Crippen molar-refractivity contribution in [2.24, 2.45) is 0 Å². The molecule has 1 aromatic carbocycles. The van der Waals surface area contributed by atoms with Crippen LogP contribution in [-0.2, 0) is 4.74 Å². The SMILES string of the molecule is C[C@@H]1CNC[C@@H](CN2CC[C@@H](c3ccccc3)C2)O1. The zero-order valence-electron chi connectivity index (χ0n) is 11.7. The molecular formula is C16H24N2O. The van der Waals surface area contributed by atoms with E-state index in [1.165, 1.54) is 25.1 Å². The first-order valence-corrected chi connectivity index (χ1v) is 7.45. The molecule has 0 aromatic heterocycles. The first kappa shape index (κ1) is 13.1. The molecule has 3 rings (SSSR count). The van der Waals surface area contributed by atoms with Crippen molar-refractivity contribution in [3.63, 3.8) is 0 Å². The fraction of sp³-hybridized carbons (Fsp3) is 0.625. The van der Waals surface area contributed by atoms with Crippen molar-refractivity contribution in [3.8, 4) is 0 Å². The van der Waals surface area contributed by atoms with Gasteiger partial charge in [0, 0.05) is 26.2 Å². The van der Waals surface area contributed by atoms with Gasteiger partial charge in [-0.2, -0.15) is 0 Å². The summed E-state index contributed by atoms with van der Waals surface area (Å²) >= 11 is 0. The summed E-state index contributed by atoms with van der Waals surface area (Å²) in [4.78, 5) is 2.56. The topological polar surface area (TPSA) is 24.5 Å². The lowest BCUT2D eigenvalue weighted by atomic mass is 9.99. The molecule has 104 valence electrons. The summed E-state index contributed by atoms with van der Waals surface area (Å²) in [6.07, 6.45) is 1.99. The average molecular weight is 260 g/mol. The maximum atomic E-state index is 5.98. The van der Waals surface area contributed by atoms with Crippen LogP contribution in [0.1, 0.15) is 24.8 Å². The molecule has 2 heterocycles. The van der Waals surface area contributed by atoms with E-state index in [-0.39, 0.29) is 0 Å². The third kappa shape index (κ3) is 3.35. The van der Waals surface area contributed by atoms with Crippen LogP contribution in [0, 0.1) is 0 Å². The largest absolute Gasteiger partial charge is 0.371 e. The smallest absolute Gasteiger partial charge is 0.0830 e. The fourth-order valence-corrected chi connectivity index (χ4v) is 3.26. The van der Waals surface area contributed by atoms with Gasteiger partial charge < -0.3 is 15.0 Å². The van der Waals surface area contributed by atoms with E-state index in [1.807, 2.05) is 0 Å². The average Bonchev–Trinajstić information content (AvgIpc) is 2.88. The van der Waals surface area contributed by atoms with E-state index in [1.54, 1.807) is 0 Å². The highest BCUT2D eigenvalue weighted by atomic mass is 16.5. The molecule has 0 aliphatic carbocycles. The number of nitrogens with zero attached hydrogens (tertiary/aromatic N) is 1. The van der Waals surface area contributed by atoms with Crippen LogP contribution in [0.3, 0.4) is 0 Å². The van der Waals surface area contributed by atoms with Crippen LogP contribution in [0.5, 0.6) is 0 Å². The molecular weight excluding hydrogens is 236 g/mol. The Morgan fingerprint density at radius 3 is 2.89 bits per heavy atom. The Morgan fingerprint density at radius 1 is 1.26 bits per heavy atom. The van der Waals surface area contributed by atoms with Gasteiger partial charge in [0.15, 0.2) is 0 Å². The summed E-state index contributed by atoms with van der Waals surface area (Å²) in [5, 5.41) is 3.45. The Kier molecular flexibility index (Phi) is 4.16. The zero-order valence-corrected chi connectivity index (χ0v) is 11.7. The molecule has 2 saturated heterocycles. The number of hydrogen-bond acceptors (Lipinski definition) is 3. The van der Waals surface area contributed by atoms with Gasteiger partial charge in [-0.05, 0) is 31.4 Å². The van der Waals surface area contributed by atoms with Crippen molar-refractivity contribution in [2.45, 2.75) is 31.5 Å². The Morgan fingerprint density at radius 2 is 2.11 bits per heavy atom. The molecule has 2 fully saturated rings. The molecule has 19 heavy (non-hydrogen) atoms. The number of benzene rings is 1. The predicted molar refractivity (Wildman–Crippen MR) is 77.4 cm³/mol. The second-order valence-corrected chi connectivity index (χ2v) is 5.88. The van der Waals surface area contributed by atoms with Crippen molar-refractivity contribution in [1.29, 1.82) is 0 Å². The molecule has 0 spiro atoms. The van der Waals surface area contributed by atoms with Crippen LogP contribution in [-0.4, -0.2) is 49.8 Å².